The number of aryl methyl sites for hydroxylation is 1. The highest BCUT2D eigenvalue weighted by atomic mass is 35.5. The Labute approximate surface area is 113 Å². The van der Waals surface area contributed by atoms with Gasteiger partial charge in [0.1, 0.15) is 5.82 Å². The summed E-state index contributed by atoms with van der Waals surface area (Å²) >= 11 is 0. The lowest BCUT2D eigenvalue weighted by atomic mass is 9.87. The van der Waals surface area contributed by atoms with Gasteiger partial charge in [0.2, 0.25) is 5.91 Å². The van der Waals surface area contributed by atoms with Crippen molar-refractivity contribution in [2.75, 3.05) is 5.32 Å². The monoisotopic (exact) mass is 274 g/mol. The summed E-state index contributed by atoms with van der Waals surface area (Å²) in [5.41, 5.74) is 6.77. The molecule has 0 unspecified atom stereocenters. The first-order valence-electron chi connectivity index (χ1n) is 5.54. The molecule has 1 rings (SSSR count). The van der Waals surface area contributed by atoms with E-state index in [1.807, 2.05) is 20.8 Å². The molecule has 18 heavy (non-hydrogen) atoms. The Hall–Kier alpha value is -1.13. The van der Waals surface area contributed by atoms with Crippen LogP contribution in [0.1, 0.15) is 26.3 Å². The Bertz CT molecular complexity index is 429. The van der Waals surface area contributed by atoms with Gasteiger partial charge in [-0.15, -0.1) is 12.4 Å². The third-order valence-electron chi connectivity index (χ3n) is 2.67. The molecule has 0 saturated carbocycles. The Morgan fingerprint density at radius 3 is 2.44 bits per heavy atom. The zero-order valence-electron chi connectivity index (χ0n) is 11.1. The number of hydrogen-bond acceptors (Lipinski definition) is 2. The molecule has 0 saturated heterocycles. The van der Waals surface area contributed by atoms with Crippen molar-refractivity contribution < 1.29 is 9.18 Å². The third-order valence-corrected chi connectivity index (χ3v) is 2.67. The number of benzene rings is 1. The smallest absolute Gasteiger partial charge is 0.241 e. The van der Waals surface area contributed by atoms with Crippen LogP contribution in [0.4, 0.5) is 10.1 Å². The van der Waals surface area contributed by atoms with E-state index < -0.39 is 6.04 Å². The number of nitrogens with two attached hydrogens (primary N) is 1. The zero-order valence-corrected chi connectivity index (χ0v) is 11.9. The van der Waals surface area contributed by atoms with Crippen LogP contribution >= 0.6 is 12.4 Å². The highest BCUT2D eigenvalue weighted by molar-refractivity contribution is 5.95. The third kappa shape index (κ3) is 4.27. The van der Waals surface area contributed by atoms with Crippen LogP contribution in [0.15, 0.2) is 18.2 Å². The standard InChI is InChI=1S/C13H19FN2O.ClH/c1-8-5-6-9(14)7-10(8)16-12(17)11(15)13(2,3)4;/h5-7,11H,15H2,1-4H3,(H,16,17);1H/t11-;/m1./s1. The van der Waals surface area contributed by atoms with Crippen molar-refractivity contribution in [2.24, 2.45) is 11.1 Å². The fraction of sp³-hybridized carbons (Fsp3) is 0.462. The van der Waals surface area contributed by atoms with Crippen molar-refractivity contribution in [2.45, 2.75) is 33.7 Å². The second kappa shape index (κ2) is 6.16. The molecule has 102 valence electrons. The predicted octanol–water partition coefficient (Wildman–Crippen LogP) is 2.87. The lowest BCUT2D eigenvalue weighted by Gasteiger charge is -2.26. The predicted molar refractivity (Wildman–Crippen MR) is 74.4 cm³/mol. The SMILES string of the molecule is Cc1ccc(F)cc1NC(=O)[C@@H](N)C(C)(C)C.Cl. The van der Waals surface area contributed by atoms with Crippen LogP contribution in [-0.4, -0.2) is 11.9 Å². The van der Waals surface area contributed by atoms with E-state index in [0.717, 1.165) is 5.56 Å². The van der Waals surface area contributed by atoms with Gasteiger partial charge in [-0.2, -0.15) is 0 Å². The summed E-state index contributed by atoms with van der Waals surface area (Å²) in [7, 11) is 0. The van der Waals surface area contributed by atoms with E-state index in [0.29, 0.717) is 5.69 Å². The Kier molecular flexibility index (Phi) is 5.77. The van der Waals surface area contributed by atoms with Crippen molar-refractivity contribution in [1.29, 1.82) is 0 Å². The van der Waals surface area contributed by atoms with Crippen molar-refractivity contribution in [3.63, 3.8) is 0 Å². The van der Waals surface area contributed by atoms with E-state index in [-0.39, 0.29) is 29.5 Å². The molecule has 0 aromatic heterocycles. The molecule has 3 N–H and O–H groups in total. The zero-order chi connectivity index (χ0) is 13.2. The van der Waals surface area contributed by atoms with Crippen LogP contribution in [0.2, 0.25) is 0 Å². The summed E-state index contributed by atoms with van der Waals surface area (Å²) in [6, 6.07) is 3.63. The van der Waals surface area contributed by atoms with Gasteiger partial charge in [-0.05, 0) is 30.0 Å². The summed E-state index contributed by atoms with van der Waals surface area (Å²) in [5.74, 6) is -0.679. The lowest BCUT2D eigenvalue weighted by molar-refractivity contribution is -0.119. The minimum Gasteiger partial charge on any atom is -0.324 e. The average Bonchev–Trinajstić information content (AvgIpc) is 2.21. The van der Waals surface area contributed by atoms with Crippen LogP contribution in [0.5, 0.6) is 0 Å². The minimum absolute atomic E-state index is 0. The van der Waals surface area contributed by atoms with E-state index >= 15 is 0 Å². The maximum Gasteiger partial charge on any atom is 0.241 e. The van der Waals surface area contributed by atoms with Crippen LogP contribution in [0, 0.1) is 18.2 Å². The van der Waals surface area contributed by atoms with E-state index in [1.165, 1.54) is 12.1 Å². The minimum atomic E-state index is -0.634. The van der Waals surface area contributed by atoms with Crippen molar-refractivity contribution in [3.8, 4) is 0 Å². The summed E-state index contributed by atoms with van der Waals surface area (Å²) < 4.78 is 13.1. The lowest BCUT2D eigenvalue weighted by Crippen LogP contribution is -2.45. The summed E-state index contributed by atoms with van der Waals surface area (Å²) in [5, 5.41) is 2.65. The second-order valence-corrected chi connectivity index (χ2v) is 5.29. The molecule has 5 heteroatoms. The van der Waals surface area contributed by atoms with Gasteiger partial charge in [0, 0.05) is 5.69 Å². The first kappa shape index (κ1) is 16.9. The molecule has 1 aromatic rings. The topological polar surface area (TPSA) is 55.1 Å². The van der Waals surface area contributed by atoms with Crippen LogP contribution < -0.4 is 11.1 Å². The van der Waals surface area contributed by atoms with Crippen molar-refractivity contribution in [3.05, 3.63) is 29.6 Å². The van der Waals surface area contributed by atoms with Gasteiger partial charge < -0.3 is 11.1 Å². The fourth-order valence-corrected chi connectivity index (χ4v) is 1.33. The van der Waals surface area contributed by atoms with Gasteiger partial charge in [0.15, 0.2) is 0 Å². The van der Waals surface area contributed by atoms with Crippen molar-refractivity contribution >= 4 is 24.0 Å². The summed E-state index contributed by atoms with van der Waals surface area (Å²) in [4.78, 5) is 11.9. The number of halogens is 2. The van der Waals surface area contributed by atoms with Gasteiger partial charge >= 0.3 is 0 Å². The maximum absolute atomic E-state index is 13.1. The van der Waals surface area contributed by atoms with Crippen LogP contribution in [0.25, 0.3) is 0 Å². The number of carbonyl (C=O) groups excluding carboxylic acids is 1. The number of hydrogen-bond donors (Lipinski definition) is 2. The molecular formula is C13H20ClFN2O. The Morgan fingerprint density at radius 1 is 1.39 bits per heavy atom. The van der Waals surface area contributed by atoms with Gasteiger partial charge in [-0.25, -0.2) is 4.39 Å². The largest absolute Gasteiger partial charge is 0.324 e. The Balaban J connectivity index is 0.00000289. The molecule has 0 aliphatic rings. The van der Waals surface area contributed by atoms with Gasteiger partial charge in [0.05, 0.1) is 6.04 Å². The average molecular weight is 275 g/mol. The Morgan fingerprint density at radius 2 is 1.94 bits per heavy atom. The maximum atomic E-state index is 13.1. The molecule has 1 atom stereocenters. The molecule has 0 fully saturated rings. The van der Waals surface area contributed by atoms with Crippen molar-refractivity contribution in [1.82, 2.24) is 0 Å². The normalized spacial score (nSPS) is 12.6. The molecular weight excluding hydrogens is 255 g/mol. The highest BCUT2D eigenvalue weighted by Gasteiger charge is 2.27. The second-order valence-electron chi connectivity index (χ2n) is 5.29. The molecule has 0 heterocycles. The van der Waals surface area contributed by atoms with E-state index in [9.17, 15) is 9.18 Å². The highest BCUT2D eigenvalue weighted by Crippen LogP contribution is 2.21. The summed E-state index contributed by atoms with van der Waals surface area (Å²) in [6.45, 7) is 7.46. The van der Waals surface area contributed by atoms with Crippen LogP contribution in [0.3, 0.4) is 0 Å². The van der Waals surface area contributed by atoms with Crippen LogP contribution in [-0.2, 0) is 4.79 Å². The first-order valence-corrected chi connectivity index (χ1v) is 5.54. The molecule has 0 radical (unpaired) electrons. The molecule has 3 nitrogen and oxygen atoms in total. The fourth-order valence-electron chi connectivity index (χ4n) is 1.33. The van der Waals surface area contributed by atoms with Gasteiger partial charge in [-0.1, -0.05) is 26.8 Å². The van der Waals surface area contributed by atoms with E-state index in [1.54, 1.807) is 13.0 Å². The van der Waals surface area contributed by atoms with E-state index in [2.05, 4.69) is 5.32 Å². The van der Waals surface area contributed by atoms with Gasteiger partial charge in [0.25, 0.3) is 0 Å². The molecule has 0 aliphatic heterocycles. The number of carbonyl (C=O) groups is 1. The quantitative estimate of drug-likeness (QED) is 0.871. The summed E-state index contributed by atoms with van der Waals surface area (Å²) in [6.07, 6.45) is 0. The number of anilines is 1. The first-order chi connectivity index (χ1) is 7.71. The number of rotatable bonds is 2. The number of nitrogens with one attached hydrogen (secondary N) is 1. The van der Waals surface area contributed by atoms with E-state index in [4.69, 9.17) is 5.73 Å². The molecule has 1 aromatic carbocycles. The molecule has 1 amide bonds. The molecule has 0 spiro atoms. The molecule has 0 aliphatic carbocycles. The van der Waals surface area contributed by atoms with Gasteiger partial charge in [-0.3, -0.25) is 4.79 Å². The molecule has 0 bridgehead atoms. The number of amides is 1.